The molecule has 0 unspecified atom stereocenters. The summed E-state index contributed by atoms with van der Waals surface area (Å²) in [5, 5.41) is 13.2. The SMILES string of the molecule is N#Cc1cc2c(nc1Nc1ccc(Cl)cc1I)CCC2. The summed E-state index contributed by atoms with van der Waals surface area (Å²) in [4.78, 5) is 4.61. The van der Waals surface area contributed by atoms with Crippen LogP contribution in [0.4, 0.5) is 11.5 Å². The first-order valence-corrected chi connectivity index (χ1v) is 7.78. The van der Waals surface area contributed by atoms with Gasteiger partial charge in [0.05, 0.1) is 11.3 Å². The third-order valence-corrected chi connectivity index (χ3v) is 4.48. The van der Waals surface area contributed by atoms with Crippen LogP contribution in [0, 0.1) is 14.9 Å². The Morgan fingerprint density at radius 3 is 2.90 bits per heavy atom. The molecule has 1 aromatic heterocycles. The molecule has 0 saturated heterocycles. The van der Waals surface area contributed by atoms with Gasteiger partial charge in [-0.05, 0) is 71.7 Å². The molecule has 1 N–H and O–H groups in total. The van der Waals surface area contributed by atoms with Crippen molar-refractivity contribution in [3.63, 3.8) is 0 Å². The first kappa shape index (κ1) is 13.7. The van der Waals surface area contributed by atoms with Crippen LogP contribution in [0.15, 0.2) is 24.3 Å². The van der Waals surface area contributed by atoms with Crippen molar-refractivity contribution < 1.29 is 0 Å². The topological polar surface area (TPSA) is 48.7 Å². The number of aryl methyl sites for hydroxylation is 2. The largest absolute Gasteiger partial charge is 0.338 e. The van der Waals surface area contributed by atoms with Crippen LogP contribution in [0.3, 0.4) is 0 Å². The van der Waals surface area contributed by atoms with Crippen LogP contribution in [0.5, 0.6) is 0 Å². The molecule has 0 amide bonds. The first-order chi connectivity index (χ1) is 9.67. The number of hydrogen-bond acceptors (Lipinski definition) is 3. The second-order valence-corrected chi connectivity index (χ2v) is 6.30. The first-order valence-electron chi connectivity index (χ1n) is 6.32. The van der Waals surface area contributed by atoms with Crippen molar-refractivity contribution in [1.29, 1.82) is 5.26 Å². The Labute approximate surface area is 136 Å². The molecule has 0 bridgehead atoms. The molecule has 0 radical (unpaired) electrons. The van der Waals surface area contributed by atoms with Crippen molar-refractivity contribution in [2.45, 2.75) is 19.3 Å². The summed E-state index contributed by atoms with van der Waals surface area (Å²) < 4.78 is 1.00. The van der Waals surface area contributed by atoms with Gasteiger partial charge < -0.3 is 5.32 Å². The van der Waals surface area contributed by atoms with Crippen molar-refractivity contribution in [2.24, 2.45) is 0 Å². The second kappa shape index (κ2) is 5.58. The molecule has 3 nitrogen and oxygen atoms in total. The smallest absolute Gasteiger partial charge is 0.148 e. The zero-order chi connectivity index (χ0) is 14.1. The van der Waals surface area contributed by atoms with Crippen molar-refractivity contribution in [3.8, 4) is 6.07 Å². The third-order valence-electron chi connectivity index (χ3n) is 3.36. The number of rotatable bonds is 2. The lowest BCUT2D eigenvalue weighted by molar-refractivity contribution is 0.900. The van der Waals surface area contributed by atoms with E-state index in [1.807, 2.05) is 24.3 Å². The molecule has 3 rings (SSSR count). The Bertz CT molecular complexity index is 722. The number of fused-ring (bicyclic) bond motifs is 1. The van der Waals surface area contributed by atoms with Gasteiger partial charge in [-0.3, -0.25) is 0 Å². The summed E-state index contributed by atoms with van der Waals surface area (Å²) >= 11 is 8.17. The van der Waals surface area contributed by atoms with E-state index in [9.17, 15) is 5.26 Å². The van der Waals surface area contributed by atoms with Crippen LogP contribution < -0.4 is 5.32 Å². The molecule has 5 heteroatoms. The van der Waals surface area contributed by atoms with Gasteiger partial charge in [0.1, 0.15) is 11.9 Å². The molecule has 0 spiro atoms. The van der Waals surface area contributed by atoms with E-state index in [1.165, 1.54) is 5.56 Å². The van der Waals surface area contributed by atoms with E-state index >= 15 is 0 Å². The van der Waals surface area contributed by atoms with Crippen molar-refractivity contribution in [3.05, 3.63) is 49.7 Å². The number of anilines is 2. The van der Waals surface area contributed by atoms with Gasteiger partial charge in [0.2, 0.25) is 0 Å². The Balaban J connectivity index is 2.00. The lowest BCUT2D eigenvalue weighted by atomic mass is 10.1. The molecule has 1 aliphatic rings. The van der Waals surface area contributed by atoms with Crippen LogP contribution >= 0.6 is 34.2 Å². The number of hydrogen-bond donors (Lipinski definition) is 1. The lowest BCUT2D eigenvalue weighted by Crippen LogP contribution is -2.02. The van der Waals surface area contributed by atoms with Crippen molar-refractivity contribution in [2.75, 3.05) is 5.32 Å². The van der Waals surface area contributed by atoms with Crippen LogP contribution in [-0.2, 0) is 12.8 Å². The zero-order valence-corrected chi connectivity index (χ0v) is 13.5. The minimum absolute atomic E-state index is 0.594. The van der Waals surface area contributed by atoms with Gasteiger partial charge in [0, 0.05) is 14.3 Å². The fourth-order valence-electron chi connectivity index (χ4n) is 2.37. The Morgan fingerprint density at radius 1 is 1.30 bits per heavy atom. The molecule has 0 fully saturated rings. The van der Waals surface area contributed by atoms with Crippen LogP contribution in [0.1, 0.15) is 23.2 Å². The molecule has 1 heterocycles. The number of nitrogens with one attached hydrogen (secondary N) is 1. The van der Waals surface area contributed by atoms with E-state index in [2.05, 4.69) is 39.0 Å². The van der Waals surface area contributed by atoms with Crippen LogP contribution in [0.2, 0.25) is 5.02 Å². The normalized spacial score (nSPS) is 12.8. The Hall–Kier alpha value is -1.32. The van der Waals surface area contributed by atoms with E-state index in [4.69, 9.17) is 11.6 Å². The summed E-state index contributed by atoms with van der Waals surface area (Å²) in [6.45, 7) is 0. The van der Waals surface area contributed by atoms with Gasteiger partial charge in [0.25, 0.3) is 0 Å². The number of benzene rings is 1. The zero-order valence-electron chi connectivity index (χ0n) is 10.6. The number of nitriles is 1. The van der Waals surface area contributed by atoms with Gasteiger partial charge >= 0.3 is 0 Å². The average molecular weight is 396 g/mol. The third kappa shape index (κ3) is 2.60. The fraction of sp³-hybridized carbons (Fsp3) is 0.200. The molecule has 2 aromatic rings. The maximum absolute atomic E-state index is 9.29. The number of pyridine rings is 1. The average Bonchev–Trinajstić information content (AvgIpc) is 2.88. The van der Waals surface area contributed by atoms with E-state index in [0.717, 1.165) is 34.2 Å². The number of aromatic nitrogens is 1. The van der Waals surface area contributed by atoms with Crippen molar-refractivity contribution >= 4 is 45.7 Å². The van der Waals surface area contributed by atoms with E-state index in [1.54, 1.807) is 0 Å². The Kier molecular flexibility index (Phi) is 3.81. The van der Waals surface area contributed by atoms with E-state index < -0.39 is 0 Å². The minimum atomic E-state index is 0.594. The summed E-state index contributed by atoms with van der Waals surface area (Å²) in [6.07, 6.45) is 3.14. The summed E-state index contributed by atoms with van der Waals surface area (Å²) in [7, 11) is 0. The van der Waals surface area contributed by atoms with Gasteiger partial charge in [-0.1, -0.05) is 11.6 Å². The second-order valence-electron chi connectivity index (χ2n) is 4.70. The summed E-state index contributed by atoms with van der Waals surface area (Å²) in [5.41, 5.74) is 3.82. The highest BCUT2D eigenvalue weighted by Crippen LogP contribution is 2.29. The van der Waals surface area contributed by atoms with Crippen LogP contribution in [0.25, 0.3) is 0 Å². The van der Waals surface area contributed by atoms with Gasteiger partial charge in [-0.15, -0.1) is 0 Å². The number of halogens is 2. The predicted molar refractivity (Wildman–Crippen MR) is 88.4 cm³/mol. The maximum atomic E-state index is 9.29. The molecular weight excluding hydrogens is 385 g/mol. The van der Waals surface area contributed by atoms with Gasteiger partial charge in [-0.25, -0.2) is 4.98 Å². The number of nitrogens with zero attached hydrogens (tertiary/aromatic N) is 2. The highest BCUT2D eigenvalue weighted by molar-refractivity contribution is 14.1. The molecule has 0 aliphatic heterocycles. The molecule has 0 saturated carbocycles. The highest BCUT2D eigenvalue weighted by Gasteiger charge is 2.16. The quantitative estimate of drug-likeness (QED) is 0.765. The standard InChI is InChI=1S/C15H11ClIN3/c16-11-4-5-14(12(17)7-11)20-15-10(8-18)6-9-2-1-3-13(9)19-15/h4-7H,1-3H2,(H,19,20). The van der Waals surface area contributed by atoms with E-state index in [0.29, 0.717) is 16.4 Å². The summed E-state index contributed by atoms with van der Waals surface area (Å²) in [5.74, 6) is 0.633. The molecule has 1 aromatic carbocycles. The molecule has 100 valence electrons. The lowest BCUT2D eigenvalue weighted by Gasteiger charge is -2.11. The fourth-order valence-corrected chi connectivity index (χ4v) is 3.38. The summed E-state index contributed by atoms with van der Waals surface area (Å²) in [6, 6.07) is 9.79. The molecule has 1 aliphatic carbocycles. The van der Waals surface area contributed by atoms with Gasteiger partial charge in [0.15, 0.2) is 0 Å². The molecule has 20 heavy (non-hydrogen) atoms. The van der Waals surface area contributed by atoms with Crippen molar-refractivity contribution in [1.82, 2.24) is 4.98 Å². The van der Waals surface area contributed by atoms with E-state index in [-0.39, 0.29) is 0 Å². The Morgan fingerprint density at radius 2 is 2.15 bits per heavy atom. The van der Waals surface area contributed by atoms with Crippen LogP contribution in [-0.4, -0.2) is 4.98 Å². The maximum Gasteiger partial charge on any atom is 0.148 e. The minimum Gasteiger partial charge on any atom is -0.338 e. The predicted octanol–water partition coefficient (Wildman–Crippen LogP) is 4.44. The molecule has 0 atom stereocenters. The monoisotopic (exact) mass is 395 g/mol. The van der Waals surface area contributed by atoms with Gasteiger partial charge in [-0.2, -0.15) is 5.26 Å². The highest BCUT2D eigenvalue weighted by atomic mass is 127. The molecular formula is C15H11ClIN3.